The molecule has 6 heteroatoms. The van der Waals surface area contributed by atoms with Gasteiger partial charge in [-0.2, -0.15) is 5.10 Å². The third-order valence-corrected chi connectivity index (χ3v) is 5.89. The van der Waals surface area contributed by atoms with Crippen LogP contribution in [0.25, 0.3) is 16.9 Å². The Kier molecular flexibility index (Phi) is 5.73. The van der Waals surface area contributed by atoms with E-state index in [1.54, 1.807) is 6.20 Å². The lowest BCUT2D eigenvalue weighted by Crippen LogP contribution is -2.33. The van der Waals surface area contributed by atoms with Gasteiger partial charge in [0.05, 0.1) is 5.69 Å². The minimum absolute atomic E-state index is 0. The van der Waals surface area contributed by atoms with Crippen LogP contribution < -0.4 is 4.90 Å². The van der Waals surface area contributed by atoms with Crippen molar-refractivity contribution in [2.75, 3.05) is 4.90 Å². The van der Waals surface area contributed by atoms with Gasteiger partial charge in [-0.15, -0.1) is 12.4 Å². The van der Waals surface area contributed by atoms with Crippen LogP contribution in [0.4, 0.5) is 5.82 Å². The minimum Gasteiger partial charge on any atom is -0.351 e. The van der Waals surface area contributed by atoms with E-state index in [0.29, 0.717) is 12.1 Å². The second-order valence-corrected chi connectivity index (χ2v) is 7.96. The maximum absolute atomic E-state index is 5.01. The Morgan fingerprint density at radius 2 is 1.73 bits per heavy atom. The zero-order valence-electron chi connectivity index (χ0n) is 17.3. The van der Waals surface area contributed by atoms with E-state index in [2.05, 4.69) is 60.1 Å². The molecule has 5 nitrogen and oxygen atoms in total. The Balaban J connectivity index is 0.00000218. The molecule has 3 aromatic heterocycles. The third kappa shape index (κ3) is 3.77. The molecular formula is C24H26ClN5. The molecule has 154 valence electrons. The molecule has 0 N–H and O–H groups in total. The molecule has 1 aliphatic rings. The van der Waals surface area contributed by atoms with Gasteiger partial charge in [-0.25, -0.2) is 14.5 Å². The number of pyridine rings is 1. The molecular weight excluding hydrogens is 394 g/mol. The fraction of sp³-hybridized carbons (Fsp3) is 0.292. The van der Waals surface area contributed by atoms with Crippen LogP contribution in [-0.4, -0.2) is 31.7 Å². The van der Waals surface area contributed by atoms with Gasteiger partial charge in [0.1, 0.15) is 5.82 Å². The smallest absolute Gasteiger partial charge is 0.157 e. The Morgan fingerprint density at radius 1 is 0.967 bits per heavy atom. The molecule has 5 rings (SSSR count). The summed E-state index contributed by atoms with van der Waals surface area (Å²) in [5.74, 6) is 1.08. The van der Waals surface area contributed by atoms with Crippen molar-refractivity contribution in [3.63, 3.8) is 0 Å². The first-order chi connectivity index (χ1) is 14.2. The maximum Gasteiger partial charge on any atom is 0.157 e. The van der Waals surface area contributed by atoms with Crippen LogP contribution >= 0.6 is 12.4 Å². The van der Waals surface area contributed by atoms with E-state index in [4.69, 9.17) is 10.1 Å². The average molecular weight is 420 g/mol. The van der Waals surface area contributed by atoms with E-state index >= 15 is 0 Å². The van der Waals surface area contributed by atoms with Crippen LogP contribution in [0.3, 0.4) is 0 Å². The number of anilines is 1. The van der Waals surface area contributed by atoms with Crippen molar-refractivity contribution < 1.29 is 0 Å². The van der Waals surface area contributed by atoms with Crippen LogP contribution in [-0.2, 0) is 6.42 Å². The number of hydrogen-bond acceptors (Lipinski definition) is 4. The van der Waals surface area contributed by atoms with Crippen LogP contribution in [0.1, 0.15) is 37.9 Å². The van der Waals surface area contributed by atoms with Gasteiger partial charge in [0.2, 0.25) is 0 Å². The fourth-order valence-electron chi connectivity index (χ4n) is 4.41. The van der Waals surface area contributed by atoms with E-state index in [9.17, 15) is 0 Å². The first-order valence-electron chi connectivity index (χ1n) is 10.3. The summed E-state index contributed by atoms with van der Waals surface area (Å²) >= 11 is 0. The number of halogens is 1. The summed E-state index contributed by atoms with van der Waals surface area (Å²) in [4.78, 5) is 12.0. The number of imidazole rings is 1. The number of rotatable bonds is 4. The molecule has 0 bridgehead atoms. The summed E-state index contributed by atoms with van der Waals surface area (Å²) in [5, 5.41) is 4.73. The first-order valence-corrected chi connectivity index (χ1v) is 10.3. The number of fused-ring (bicyclic) bond motifs is 1. The standard InChI is InChI=1S/C24H25N5.ClH/c1-17-11-12-18(2)29(17)23-10-6-9-21(26-23)15-20-16-22(19-7-4-3-5-8-19)27-28-14-13-25-24(20)28;/h3-10,13-14,16-18H,11-12,15H2,1-2H3;1H. The van der Waals surface area contributed by atoms with Crippen LogP contribution in [0.5, 0.6) is 0 Å². The molecule has 0 radical (unpaired) electrons. The molecule has 4 heterocycles. The number of aromatic nitrogens is 4. The normalized spacial score (nSPS) is 18.5. The second-order valence-electron chi connectivity index (χ2n) is 7.96. The SMILES string of the molecule is CC1CCC(C)N1c1cccc(Cc2cc(-c3ccccc3)nn3ccnc23)n1.Cl. The highest BCUT2D eigenvalue weighted by molar-refractivity contribution is 5.85. The van der Waals surface area contributed by atoms with Gasteiger partial charge in [-0.1, -0.05) is 36.4 Å². The number of nitrogens with zero attached hydrogens (tertiary/aromatic N) is 5. The lowest BCUT2D eigenvalue weighted by molar-refractivity contribution is 0.681. The fourth-order valence-corrected chi connectivity index (χ4v) is 4.41. The van der Waals surface area contributed by atoms with Crippen molar-refractivity contribution in [3.8, 4) is 11.3 Å². The Labute approximate surface area is 183 Å². The van der Waals surface area contributed by atoms with Gasteiger partial charge >= 0.3 is 0 Å². The summed E-state index contributed by atoms with van der Waals surface area (Å²) < 4.78 is 1.87. The van der Waals surface area contributed by atoms with Crippen molar-refractivity contribution in [1.29, 1.82) is 0 Å². The van der Waals surface area contributed by atoms with Crippen LogP contribution in [0, 0.1) is 0 Å². The highest BCUT2D eigenvalue weighted by atomic mass is 35.5. The Hall–Kier alpha value is -2.92. The Bertz CT molecular complexity index is 1130. The van der Waals surface area contributed by atoms with Crippen molar-refractivity contribution in [3.05, 3.63) is 78.2 Å². The van der Waals surface area contributed by atoms with Crippen molar-refractivity contribution in [2.24, 2.45) is 0 Å². The summed E-state index contributed by atoms with van der Waals surface area (Å²) in [6.07, 6.45) is 6.90. The zero-order chi connectivity index (χ0) is 19.8. The molecule has 0 amide bonds. The molecule has 4 aromatic rings. The minimum atomic E-state index is 0. The molecule has 0 spiro atoms. The van der Waals surface area contributed by atoms with Gasteiger partial charge in [0, 0.05) is 47.7 Å². The Morgan fingerprint density at radius 3 is 2.50 bits per heavy atom. The van der Waals surface area contributed by atoms with Gasteiger partial charge in [-0.3, -0.25) is 0 Å². The van der Waals surface area contributed by atoms with Crippen molar-refractivity contribution >= 4 is 23.9 Å². The highest BCUT2D eigenvalue weighted by Gasteiger charge is 2.28. The van der Waals surface area contributed by atoms with E-state index in [-0.39, 0.29) is 12.4 Å². The molecule has 1 saturated heterocycles. The monoisotopic (exact) mass is 419 g/mol. The number of hydrogen-bond donors (Lipinski definition) is 0. The summed E-state index contributed by atoms with van der Waals surface area (Å²) in [7, 11) is 0. The summed E-state index contributed by atoms with van der Waals surface area (Å²) in [5.41, 5.74) is 5.13. The average Bonchev–Trinajstić information content (AvgIpc) is 3.35. The van der Waals surface area contributed by atoms with Gasteiger partial charge in [-0.05, 0) is 44.9 Å². The summed E-state index contributed by atoms with van der Waals surface area (Å²) in [6.45, 7) is 4.59. The molecule has 2 atom stereocenters. The van der Waals surface area contributed by atoms with E-state index in [0.717, 1.165) is 40.4 Å². The van der Waals surface area contributed by atoms with Gasteiger partial charge in [0.15, 0.2) is 5.65 Å². The quantitative estimate of drug-likeness (QED) is 0.457. The van der Waals surface area contributed by atoms with Crippen molar-refractivity contribution in [1.82, 2.24) is 19.6 Å². The predicted octanol–water partition coefficient (Wildman–Crippen LogP) is 5.18. The topological polar surface area (TPSA) is 46.3 Å². The molecule has 30 heavy (non-hydrogen) atoms. The predicted molar refractivity (Wildman–Crippen MR) is 123 cm³/mol. The summed E-state index contributed by atoms with van der Waals surface area (Å²) in [6, 6.07) is 19.9. The molecule has 1 fully saturated rings. The van der Waals surface area contributed by atoms with Crippen molar-refractivity contribution in [2.45, 2.75) is 45.2 Å². The molecule has 0 saturated carbocycles. The van der Waals surface area contributed by atoms with E-state index in [1.165, 1.54) is 12.8 Å². The van der Waals surface area contributed by atoms with E-state index in [1.807, 2.05) is 28.9 Å². The lowest BCUT2D eigenvalue weighted by atomic mass is 10.1. The largest absolute Gasteiger partial charge is 0.351 e. The third-order valence-electron chi connectivity index (χ3n) is 5.89. The van der Waals surface area contributed by atoms with Crippen LogP contribution in [0.15, 0.2) is 67.0 Å². The lowest BCUT2D eigenvalue weighted by Gasteiger charge is -2.27. The second kappa shape index (κ2) is 8.44. The van der Waals surface area contributed by atoms with E-state index < -0.39 is 0 Å². The molecule has 1 aromatic carbocycles. The maximum atomic E-state index is 5.01. The molecule has 0 aliphatic carbocycles. The molecule has 2 unspecified atom stereocenters. The van der Waals surface area contributed by atoms with Gasteiger partial charge in [0.25, 0.3) is 0 Å². The zero-order valence-corrected chi connectivity index (χ0v) is 18.1. The molecule has 1 aliphatic heterocycles. The number of benzene rings is 1. The van der Waals surface area contributed by atoms with Gasteiger partial charge < -0.3 is 4.90 Å². The van der Waals surface area contributed by atoms with Crippen LogP contribution in [0.2, 0.25) is 0 Å². The first kappa shape index (κ1) is 20.4. The highest BCUT2D eigenvalue weighted by Crippen LogP contribution is 2.29.